The van der Waals surface area contributed by atoms with Gasteiger partial charge in [-0.05, 0) is 72.2 Å². The number of nitrogens with zero attached hydrogens (tertiary/aromatic N) is 2. The number of hydrogen-bond acceptors (Lipinski definition) is 4. The second-order valence-electron chi connectivity index (χ2n) is 8.32. The Morgan fingerprint density at radius 3 is 2.18 bits per heavy atom. The number of unbranched alkanes of at least 4 members (excludes halogenated alkanes) is 1. The van der Waals surface area contributed by atoms with Gasteiger partial charge in [-0.3, -0.25) is 13.9 Å². The number of sulfonamides is 1. The molecule has 186 valence electrons. The van der Waals surface area contributed by atoms with Crippen LogP contribution in [0, 0.1) is 10.5 Å². The first kappa shape index (κ1) is 28.1. The number of nitrogens with one attached hydrogen (secondary N) is 1. The van der Waals surface area contributed by atoms with E-state index in [1.165, 1.54) is 4.90 Å². The largest absolute Gasteiger partial charge is 0.354 e. The third kappa shape index (κ3) is 8.26. The Bertz CT molecular complexity index is 1060. The van der Waals surface area contributed by atoms with E-state index in [9.17, 15) is 18.0 Å². The SMILES string of the molecule is CCCCNC(=O)C(CC)N(Cc1ccc(C)cc1)C(=O)CN(c1ccc(I)cc1)S(C)(=O)=O. The van der Waals surface area contributed by atoms with E-state index < -0.39 is 22.0 Å². The van der Waals surface area contributed by atoms with Crippen LogP contribution in [0.15, 0.2) is 48.5 Å². The molecular formula is C25H34IN3O4S. The first-order chi connectivity index (χ1) is 16.1. The maximum atomic E-state index is 13.6. The summed E-state index contributed by atoms with van der Waals surface area (Å²) in [6.45, 7) is 6.24. The van der Waals surface area contributed by atoms with Crippen LogP contribution in [0.3, 0.4) is 0 Å². The van der Waals surface area contributed by atoms with Gasteiger partial charge in [0.1, 0.15) is 12.6 Å². The van der Waals surface area contributed by atoms with Gasteiger partial charge in [-0.1, -0.05) is 50.1 Å². The zero-order valence-electron chi connectivity index (χ0n) is 20.3. The summed E-state index contributed by atoms with van der Waals surface area (Å²) >= 11 is 2.14. The number of hydrogen-bond donors (Lipinski definition) is 1. The summed E-state index contributed by atoms with van der Waals surface area (Å²) < 4.78 is 27.2. The van der Waals surface area contributed by atoms with Gasteiger partial charge in [0, 0.05) is 16.7 Å². The number of carbonyl (C=O) groups excluding carboxylic acids is 2. The first-order valence-electron chi connectivity index (χ1n) is 11.4. The maximum Gasteiger partial charge on any atom is 0.244 e. The average molecular weight is 600 g/mol. The molecule has 0 heterocycles. The van der Waals surface area contributed by atoms with E-state index in [2.05, 4.69) is 27.9 Å². The van der Waals surface area contributed by atoms with Gasteiger partial charge in [0.05, 0.1) is 11.9 Å². The summed E-state index contributed by atoms with van der Waals surface area (Å²) in [5.74, 6) is -0.654. The molecule has 2 aromatic rings. The summed E-state index contributed by atoms with van der Waals surface area (Å²) in [7, 11) is -3.73. The van der Waals surface area contributed by atoms with E-state index in [1.54, 1.807) is 24.3 Å². The highest BCUT2D eigenvalue weighted by molar-refractivity contribution is 14.1. The van der Waals surface area contributed by atoms with Crippen molar-refractivity contribution in [1.29, 1.82) is 0 Å². The molecule has 2 rings (SSSR count). The van der Waals surface area contributed by atoms with Crippen LogP contribution in [-0.4, -0.2) is 50.5 Å². The topological polar surface area (TPSA) is 86.8 Å². The second kappa shape index (κ2) is 13.1. The summed E-state index contributed by atoms with van der Waals surface area (Å²) in [5.41, 5.74) is 2.37. The van der Waals surface area contributed by atoms with Gasteiger partial charge in [-0.15, -0.1) is 0 Å². The lowest BCUT2D eigenvalue weighted by atomic mass is 10.1. The van der Waals surface area contributed by atoms with Gasteiger partial charge in [0.25, 0.3) is 0 Å². The molecule has 34 heavy (non-hydrogen) atoms. The summed E-state index contributed by atoms with van der Waals surface area (Å²) in [5, 5.41) is 2.92. The van der Waals surface area contributed by atoms with Crippen LogP contribution in [0.4, 0.5) is 5.69 Å². The molecule has 1 N–H and O–H groups in total. The molecule has 0 aliphatic heterocycles. The van der Waals surface area contributed by atoms with E-state index in [-0.39, 0.29) is 19.0 Å². The van der Waals surface area contributed by atoms with E-state index >= 15 is 0 Å². The Balaban J connectivity index is 2.37. The number of amides is 2. The molecule has 0 fully saturated rings. The predicted molar refractivity (Wildman–Crippen MR) is 145 cm³/mol. The summed E-state index contributed by atoms with van der Waals surface area (Å²) in [4.78, 5) is 28.1. The van der Waals surface area contributed by atoms with Crippen molar-refractivity contribution in [2.24, 2.45) is 0 Å². The van der Waals surface area contributed by atoms with E-state index in [1.807, 2.05) is 45.0 Å². The van der Waals surface area contributed by atoms with E-state index in [4.69, 9.17) is 0 Å². The normalized spacial score (nSPS) is 12.1. The Hall–Kier alpha value is -2.14. The van der Waals surface area contributed by atoms with E-state index in [0.29, 0.717) is 18.7 Å². The Morgan fingerprint density at radius 1 is 1.03 bits per heavy atom. The van der Waals surface area contributed by atoms with Crippen molar-refractivity contribution in [1.82, 2.24) is 10.2 Å². The van der Waals surface area contributed by atoms with Gasteiger partial charge in [-0.25, -0.2) is 8.42 Å². The van der Waals surface area contributed by atoms with Gasteiger partial charge in [0.15, 0.2) is 0 Å². The number of carbonyl (C=O) groups is 2. The molecule has 9 heteroatoms. The Labute approximate surface area is 217 Å². The zero-order valence-corrected chi connectivity index (χ0v) is 23.2. The molecule has 1 unspecified atom stereocenters. The highest BCUT2D eigenvalue weighted by Gasteiger charge is 2.31. The fourth-order valence-corrected chi connectivity index (χ4v) is 4.75. The van der Waals surface area contributed by atoms with Crippen LogP contribution in [-0.2, 0) is 26.2 Å². The van der Waals surface area contributed by atoms with Crippen molar-refractivity contribution >= 4 is 50.1 Å². The van der Waals surface area contributed by atoms with Gasteiger partial charge >= 0.3 is 0 Å². The smallest absolute Gasteiger partial charge is 0.244 e. The molecule has 0 saturated carbocycles. The number of rotatable bonds is 12. The van der Waals surface area contributed by atoms with Crippen LogP contribution in [0.2, 0.25) is 0 Å². The average Bonchev–Trinajstić information content (AvgIpc) is 2.78. The Kier molecular flexibility index (Phi) is 10.8. The van der Waals surface area contributed by atoms with Crippen molar-refractivity contribution in [3.8, 4) is 0 Å². The minimum absolute atomic E-state index is 0.211. The van der Waals surface area contributed by atoms with Crippen LogP contribution in [0.1, 0.15) is 44.2 Å². The van der Waals surface area contributed by atoms with Crippen LogP contribution in [0.25, 0.3) is 0 Å². The van der Waals surface area contributed by atoms with Gasteiger partial charge < -0.3 is 10.2 Å². The molecule has 0 aliphatic carbocycles. The summed E-state index contributed by atoms with van der Waals surface area (Å²) in [6, 6.07) is 14.0. The fraction of sp³-hybridized carbons (Fsp3) is 0.440. The van der Waals surface area contributed by atoms with Crippen molar-refractivity contribution in [2.45, 2.75) is 52.6 Å². The molecule has 0 aromatic heterocycles. The predicted octanol–water partition coefficient (Wildman–Crippen LogP) is 4.09. The molecule has 0 bridgehead atoms. The standard InChI is InChI=1S/C25H34IN3O4S/c1-5-7-16-27-25(31)23(6-2)28(17-20-10-8-19(3)9-11-20)24(30)18-29(34(4,32)33)22-14-12-21(26)13-15-22/h8-15,23H,5-7,16-18H2,1-4H3,(H,27,31). The maximum absolute atomic E-state index is 13.6. The highest BCUT2D eigenvalue weighted by atomic mass is 127. The lowest BCUT2D eigenvalue weighted by Crippen LogP contribution is -2.52. The van der Waals surface area contributed by atoms with Crippen molar-refractivity contribution in [3.63, 3.8) is 0 Å². The van der Waals surface area contributed by atoms with Crippen LogP contribution in [0.5, 0.6) is 0 Å². The number of aryl methyl sites for hydroxylation is 1. The van der Waals surface area contributed by atoms with Crippen molar-refractivity contribution < 1.29 is 18.0 Å². The third-order valence-electron chi connectivity index (χ3n) is 5.48. The molecule has 7 nitrogen and oxygen atoms in total. The monoisotopic (exact) mass is 599 g/mol. The lowest BCUT2D eigenvalue weighted by molar-refractivity contribution is -0.140. The van der Waals surface area contributed by atoms with Gasteiger partial charge in [0.2, 0.25) is 21.8 Å². The molecule has 0 aliphatic rings. The molecule has 2 amide bonds. The zero-order chi connectivity index (χ0) is 25.3. The molecule has 0 saturated heterocycles. The van der Waals surface area contributed by atoms with Crippen molar-refractivity contribution in [3.05, 3.63) is 63.2 Å². The first-order valence-corrected chi connectivity index (χ1v) is 14.4. The number of halogens is 1. The van der Waals surface area contributed by atoms with E-state index in [0.717, 1.165) is 38.1 Å². The highest BCUT2D eigenvalue weighted by Crippen LogP contribution is 2.21. The molecule has 1 atom stereocenters. The number of anilines is 1. The molecule has 0 radical (unpaired) electrons. The molecule has 0 spiro atoms. The lowest BCUT2D eigenvalue weighted by Gasteiger charge is -2.33. The third-order valence-corrected chi connectivity index (χ3v) is 7.34. The summed E-state index contributed by atoms with van der Waals surface area (Å²) in [6.07, 6.45) is 3.29. The van der Waals surface area contributed by atoms with Crippen LogP contribution >= 0.6 is 22.6 Å². The van der Waals surface area contributed by atoms with Gasteiger partial charge in [-0.2, -0.15) is 0 Å². The quantitative estimate of drug-likeness (QED) is 0.294. The molecular weight excluding hydrogens is 565 g/mol. The van der Waals surface area contributed by atoms with Crippen molar-refractivity contribution in [2.75, 3.05) is 23.7 Å². The fourth-order valence-electron chi connectivity index (χ4n) is 3.54. The second-order valence-corrected chi connectivity index (χ2v) is 11.5. The number of benzene rings is 2. The minimum atomic E-state index is -3.73. The minimum Gasteiger partial charge on any atom is -0.354 e. The molecule has 2 aromatic carbocycles. The van der Waals surface area contributed by atoms with Crippen LogP contribution < -0.4 is 9.62 Å². The Morgan fingerprint density at radius 2 is 1.65 bits per heavy atom.